The van der Waals surface area contributed by atoms with Crippen molar-refractivity contribution in [2.24, 2.45) is 0 Å². The second-order valence-electron chi connectivity index (χ2n) is 4.64. The Morgan fingerprint density at radius 3 is 2.42 bits per heavy atom. The molecule has 0 aliphatic rings. The summed E-state index contributed by atoms with van der Waals surface area (Å²) in [4.78, 5) is 24.0. The van der Waals surface area contributed by atoms with Gasteiger partial charge in [0.15, 0.2) is 0 Å². The van der Waals surface area contributed by atoms with Crippen LogP contribution in [0.3, 0.4) is 0 Å². The molecular formula is C14H19NO4. The lowest BCUT2D eigenvalue weighted by molar-refractivity contribution is -0.145. The van der Waals surface area contributed by atoms with E-state index in [2.05, 4.69) is 0 Å². The van der Waals surface area contributed by atoms with Gasteiger partial charge in [-0.25, -0.2) is 0 Å². The van der Waals surface area contributed by atoms with Crippen molar-refractivity contribution in [2.75, 3.05) is 6.54 Å². The quantitative estimate of drug-likeness (QED) is 0.819. The number of carboxylic acids is 1. The van der Waals surface area contributed by atoms with Crippen molar-refractivity contribution in [3.8, 4) is 5.75 Å². The predicted octanol–water partition coefficient (Wildman–Crippen LogP) is 1.65. The molecule has 0 saturated heterocycles. The van der Waals surface area contributed by atoms with Crippen LogP contribution in [-0.2, 0) is 16.0 Å². The zero-order valence-corrected chi connectivity index (χ0v) is 11.2. The van der Waals surface area contributed by atoms with Crippen LogP contribution in [0.1, 0.15) is 25.8 Å². The normalized spacial score (nSPS) is 10.5. The van der Waals surface area contributed by atoms with E-state index in [4.69, 9.17) is 5.11 Å². The number of aryl methyl sites for hydroxylation is 1. The first-order valence-electron chi connectivity index (χ1n) is 6.20. The molecule has 19 heavy (non-hydrogen) atoms. The number of hydrogen-bond donors (Lipinski definition) is 2. The van der Waals surface area contributed by atoms with Gasteiger partial charge in [0.25, 0.3) is 0 Å². The summed E-state index contributed by atoms with van der Waals surface area (Å²) >= 11 is 0. The van der Waals surface area contributed by atoms with Crippen molar-refractivity contribution in [3.05, 3.63) is 29.8 Å². The van der Waals surface area contributed by atoms with E-state index in [-0.39, 0.29) is 30.7 Å². The van der Waals surface area contributed by atoms with Gasteiger partial charge in [-0.05, 0) is 31.9 Å². The standard InChI is InChI=1S/C14H19NO4/c1-10(2)15(9-14(18)19)13(17)8-7-11-5-3-4-6-12(11)16/h3-6,10,16H,7-9H2,1-2H3,(H,18,19). The van der Waals surface area contributed by atoms with Crippen LogP contribution in [-0.4, -0.2) is 39.6 Å². The van der Waals surface area contributed by atoms with Crippen LogP contribution in [0.4, 0.5) is 0 Å². The smallest absolute Gasteiger partial charge is 0.323 e. The summed E-state index contributed by atoms with van der Waals surface area (Å²) in [6.07, 6.45) is 0.581. The number of phenolic OH excluding ortho intramolecular Hbond substituents is 1. The molecule has 0 aliphatic heterocycles. The Kier molecular flexibility index (Phi) is 5.36. The number of para-hydroxylation sites is 1. The van der Waals surface area contributed by atoms with E-state index in [1.807, 2.05) is 0 Å². The fourth-order valence-electron chi connectivity index (χ4n) is 1.81. The summed E-state index contributed by atoms with van der Waals surface area (Å²) in [5, 5.41) is 18.4. The summed E-state index contributed by atoms with van der Waals surface area (Å²) in [5.74, 6) is -1.09. The van der Waals surface area contributed by atoms with Gasteiger partial charge in [-0.1, -0.05) is 18.2 Å². The van der Waals surface area contributed by atoms with E-state index in [9.17, 15) is 14.7 Å². The number of hydrogen-bond acceptors (Lipinski definition) is 3. The Balaban J connectivity index is 2.63. The highest BCUT2D eigenvalue weighted by atomic mass is 16.4. The minimum absolute atomic E-state index is 0.157. The molecule has 0 aliphatic carbocycles. The number of benzene rings is 1. The van der Waals surface area contributed by atoms with Gasteiger partial charge in [-0.3, -0.25) is 9.59 Å². The lowest BCUT2D eigenvalue weighted by atomic mass is 10.1. The van der Waals surface area contributed by atoms with Crippen LogP contribution in [0, 0.1) is 0 Å². The lowest BCUT2D eigenvalue weighted by Gasteiger charge is -2.24. The molecule has 1 aromatic carbocycles. The molecule has 0 aromatic heterocycles. The second kappa shape index (κ2) is 6.78. The van der Waals surface area contributed by atoms with Gasteiger partial charge in [0.05, 0.1) is 0 Å². The highest BCUT2D eigenvalue weighted by Gasteiger charge is 2.19. The molecule has 1 amide bonds. The molecule has 0 bridgehead atoms. The van der Waals surface area contributed by atoms with Crippen molar-refractivity contribution in [2.45, 2.75) is 32.7 Å². The fraction of sp³-hybridized carbons (Fsp3) is 0.429. The number of aliphatic carboxylic acids is 1. The van der Waals surface area contributed by atoms with Gasteiger partial charge < -0.3 is 15.1 Å². The molecule has 1 rings (SSSR count). The Labute approximate surface area is 112 Å². The molecule has 0 atom stereocenters. The number of carbonyl (C=O) groups is 2. The third-order valence-corrected chi connectivity index (χ3v) is 2.85. The number of amides is 1. The second-order valence-corrected chi connectivity index (χ2v) is 4.64. The number of aromatic hydroxyl groups is 1. The van der Waals surface area contributed by atoms with Gasteiger partial charge in [-0.15, -0.1) is 0 Å². The predicted molar refractivity (Wildman–Crippen MR) is 70.9 cm³/mol. The van der Waals surface area contributed by atoms with Crippen LogP contribution >= 0.6 is 0 Å². The maximum atomic E-state index is 12.0. The molecular weight excluding hydrogens is 246 g/mol. The summed E-state index contributed by atoms with van der Waals surface area (Å²) in [6.45, 7) is 3.26. The number of phenols is 1. The van der Waals surface area contributed by atoms with Crippen molar-refractivity contribution in [3.63, 3.8) is 0 Å². The molecule has 2 N–H and O–H groups in total. The fourth-order valence-corrected chi connectivity index (χ4v) is 1.81. The summed E-state index contributed by atoms with van der Waals surface area (Å²) in [7, 11) is 0. The maximum absolute atomic E-state index is 12.0. The van der Waals surface area contributed by atoms with Crippen molar-refractivity contribution in [1.82, 2.24) is 4.90 Å². The average Bonchev–Trinajstić information content (AvgIpc) is 2.34. The lowest BCUT2D eigenvalue weighted by Crippen LogP contribution is -2.40. The molecule has 0 heterocycles. The zero-order valence-electron chi connectivity index (χ0n) is 11.2. The summed E-state index contributed by atoms with van der Waals surface area (Å²) in [5.41, 5.74) is 0.690. The van der Waals surface area contributed by atoms with Crippen LogP contribution in [0.25, 0.3) is 0 Å². The van der Waals surface area contributed by atoms with Gasteiger partial charge >= 0.3 is 5.97 Å². The van der Waals surface area contributed by atoms with Crippen LogP contribution in [0.15, 0.2) is 24.3 Å². The molecule has 0 unspecified atom stereocenters. The van der Waals surface area contributed by atoms with Crippen LogP contribution < -0.4 is 0 Å². The molecule has 0 radical (unpaired) electrons. The first kappa shape index (κ1) is 15.0. The molecule has 0 fully saturated rings. The van der Waals surface area contributed by atoms with Crippen LogP contribution in [0.5, 0.6) is 5.75 Å². The molecule has 1 aromatic rings. The third-order valence-electron chi connectivity index (χ3n) is 2.85. The zero-order chi connectivity index (χ0) is 14.4. The molecule has 104 valence electrons. The summed E-state index contributed by atoms with van der Waals surface area (Å²) < 4.78 is 0. The molecule has 0 saturated carbocycles. The van der Waals surface area contributed by atoms with Gasteiger partial charge in [0, 0.05) is 12.5 Å². The Morgan fingerprint density at radius 2 is 1.89 bits per heavy atom. The minimum Gasteiger partial charge on any atom is -0.508 e. The SMILES string of the molecule is CC(C)N(CC(=O)O)C(=O)CCc1ccccc1O. The van der Waals surface area contributed by atoms with E-state index >= 15 is 0 Å². The monoisotopic (exact) mass is 265 g/mol. The number of nitrogens with zero attached hydrogens (tertiary/aromatic N) is 1. The van der Waals surface area contributed by atoms with Crippen molar-refractivity contribution < 1.29 is 19.8 Å². The Hall–Kier alpha value is -2.04. The maximum Gasteiger partial charge on any atom is 0.323 e. The topological polar surface area (TPSA) is 77.8 Å². The first-order valence-corrected chi connectivity index (χ1v) is 6.20. The Bertz CT molecular complexity index is 457. The van der Waals surface area contributed by atoms with E-state index < -0.39 is 5.97 Å². The third kappa shape index (κ3) is 4.62. The van der Waals surface area contributed by atoms with Crippen LogP contribution in [0.2, 0.25) is 0 Å². The van der Waals surface area contributed by atoms with E-state index in [1.165, 1.54) is 4.90 Å². The van der Waals surface area contributed by atoms with E-state index in [0.717, 1.165) is 0 Å². The van der Waals surface area contributed by atoms with E-state index in [1.54, 1.807) is 38.1 Å². The van der Waals surface area contributed by atoms with Gasteiger partial charge in [0.1, 0.15) is 12.3 Å². The molecule has 5 nitrogen and oxygen atoms in total. The van der Waals surface area contributed by atoms with Gasteiger partial charge in [-0.2, -0.15) is 0 Å². The minimum atomic E-state index is -1.02. The largest absolute Gasteiger partial charge is 0.508 e. The van der Waals surface area contributed by atoms with Crippen molar-refractivity contribution >= 4 is 11.9 Å². The van der Waals surface area contributed by atoms with Crippen molar-refractivity contribution in [1.29, 1.82) is 0 Å². The van der Waals surface area contributed by atoms with E-state index in [0.29, 0.717) is 12.0 Å². The van der Waals surface area contributed by atoms with Gasteiger partial charge in [0.2, 0.25) is 5.91 Å². The number of carbonyl (C=O) groups excluding carboxylic acids is 1. The average molecular weight is 265 g/mol. The number of carboxylic acid groups (broad SMARTS) is 1. The highest BCUT2D eigenvalue weighted by molar-refractivity contribution is 5.81. The molecule has 5 heteroatoms. The highest BCUT2D eigenvalue weighted by Crippen LogP contribution is 2.18. The summed E-state index contributed by atoms with van der Waals surface area (Å²) in [6, 6.07) is 6.66. The number of rotatable bonds is 6. The first-order chi connectivity index (χ1) is 8.91. The molecule has 0 spiro atoms. The Morgan fingerprint density at radius 1 is 1.26 bits per heavy atom.